The quantitative estimate of drug-likeness (QED) is 0.128. The van der Waals surface area contributed by atoms with Gasteiger partial charge in [-0.15, -0.1) is 22.7 Å². The molecule has 0 aliphatic rings. The van der Waals surface area contributed by atoms with Gasteiger partial charge in [-0.3, -0.25) is 19.6 Å². The zero-order valence-electron chi connectivity index (χ0n) is 35.5. The lowest BCUT2D eigenvalue weighted by molar-refractivity contribution is -0.121. The highest BCUT2D eigenvalue weighted by molar-refractivity contribution is 9.11. The summed E-state index contributed by atoms with van der Waals surface area (Å²) in [6.07, 6.45) is 4.59. The minimum atomic E-state index is -0.913. The fourth-order valence-electron chi connectivity index (χ4n) is 8.60. The lowest BCUT2D eigenvalue weighted by atomic mass is 9.70. The second kappa shape index (κ2) is 20.3. The summed E-state index contributed by atoms with van der Waals surface area (Å²) in [5.41, 5.74) is 4.96. The van der Waals surface area contributed by atoms with Crippen molar-refractivity contribution in [1.82, 2.24) is 9.97 Å². The van der Waals surface area contributed by atoms with Gasteiger partial charge in [-0.05, 0) is 103 Å². The van der Waals surface area contributed by atoms with Crippen LogP contribution in [0.4, 0.5) is 11.4 Å². The van der Waals surface area contributed by atoms with Crippen LogP contribution in [0.15, 0.2) is 226 Å². The number of carbonyl (C=O) groups is 2. The number of para-hydroxylation sites is 2. The van der Waals surface area contributed by atoms with Crippen LogP contribution in [0, 0.1) is 0 Å². The number of nitrogens with one attached hydrogen (secondary N) is 2. The van der Waals surface area contributed by atoms with Gasteiger partial charge in [-0.2, -0.15) is 0 Å². The van der Waals surface area contributed by atoms with Crippen LogP contribution < -0.4 is 10.6 Å². The molecular formula is C56H42Br2N4O2S2. The number of aromatic nitrogens is 2. The van der Waals surface area contributed by atoms with Crippen molar-refractivity contribution in [3.8, 4) is 0 Å². The number of benzene rings is 6. The Bertz CT molecular complexity index is 2930. The highest BCUT2D eigenvalue weighted by Crippen LogP contribution is 2.42. The van der Waals surface area contributed by atoms with Crippen molar-refractivity contribution in [3.63, 3.8) is 0 Å². The van der Waals surface area contributed by atoms with Crippen molar-refractivity contribution in [2.45, 2.75) is 23.7 Å². The number of anilines is 2. The van der Waals surface area contributed by atoms with Crippen LogP contribution in [-0.4, -0.2) is 21.8 Å². The van der Waals surface area contributed by atoms with E-state index in [2.05, 4.69) is 64.6 Å². The van der Waals surface area contributed by atoms with E-state index in [1.165, 1.54) is 0 Å². The number of hydrogen-bond acceptors (Lipinski definition) is 6. The summed E-state index contributed by atoms with van der Waals surface area (Å²) in [5, 5.41) is 8.46. The Kier molecular flexibility index (Phi) is 13.7. The van der Waals surface area contributed by atoms with Crippen LogP contribution in [0.2, 0.25) is 0 Å². The lowest BCUT2D eigenvalue weighted by Crippen LogP contribution is -2.43. The van der Waals surface area contributed by atoms with E-state index in [4.69, 9.17) is 0 Å². The number of rotatable bonds is 12. The lowest BCUT2D eigenvalue weighted by Gasteiger charge is -2.33. The highest BCUT2D eigenvalue weighted by atomic mass is 79.9. The molecule has 2 amide bonds. The maximum atomic E-state index is 14.3. The Hall–Kier alpha value is -6.56. The Labute approximate surface area is 408 Å². The van der Waals surface area contributed by atoms with Gasteiger partial charge >= 0.3 is 0 Å². The number of carbonyl (C=O) groups excluding carboxylic acids is 2. The molecule has 0 aliphatic heterocycles. The van der Waals surface area contributed by atoms with Gasteiger partial charge in [0.25, 0.3) is 0 Å². The van der Waals surface area contributed by atoms with E-state index >= 15 is 0 Å². The van der Waals surface area contributed by atoms with Gasteiger partial charge in [0.05, 0.1) is 30.0 Å². The maximum absolute atomic E-state index is 14.3. The number of nitrogens with zero attached hydrogens (tertiary/aromatic N) is 2. The zero-order valence-corrected chi connectivity index (χ0v) is 40.3. The normalized spacial score (nSPS) is 11.4. The van der Waals surface area contributed by atoms with Crippen LogP contribution in [0.3, 0.4) is 0 Å². The predicted molar refractivity (Wildman–Crippen MR) is 280 cm³/mol. The fourth-order valence-corrected chi connectivity index (χ4v) is 11.7. The Balaban J connectivity index is 0.000000166. The third-order valence-corrected chi connectivity index (χ3v) is 15.0. The second-order valence-electron chi connectivity index (χ2n) is 15.7. The molecule has 0 fully saturated rings. The topological polar surface area (TPSA) is 84.0 Å². The van der Waals surface area contributed by atoms with E-state index in [9.17, 15) is 9.59 Å². The molecule has 0 radical (unpaired) electrons. The van der Waals surface area contributed by atoms with E-state index in [1.54, 1.807) is 35.1 Å². The monoisotopic (exact) mass is 1020 g/mol. The number of hydrogen-bond donors (Lipinski definition) is 2. The van der Waals surface area contributed by atoms with Crippen molar-refractivity contribution in [1.29, 1.82) is 0 Å². The Morgan fingerprint density at radius 3 is 1.06 bits per heavy atom. The SMILES string of the molecule is O=C(Nc1cccc2cccnc12)C(Cc1ccc(Br)s1)(c1ccccc1)c1ccccc1.O=C(Nc1cccc2cccnc12)C(Cc1ccc(Br)s1)(c1ccccc1)c1ccccc1. The smallest absolute Gasteiger partial charge is 0.239 e. The predicted octanol–water partition coefficient (Wildman–Crippen LogP) is 14.5. The van der Waals surface area contributed by atoms with Crippen molar-refractivity contribution in [2.75, 3.05) is 10.6 Å². The molecule has 0 unspecified atom stereocenters. The molecular weight excluding hydrogens is 985 g/mol. The highest BCUT2D eigenvalue weighted by Gasteiger charge is 2.44. The molecule has 10 rings (SSSR count). The Morgan fingerprint density at radius 1 is 0.409 bits per heavy atom. The van der Waals surface area contributed by atoms with Crippen molar-refractivity contribution in [2.24, 2.45) is 0 Å². The molecule has 0 bridgehead atoms. The number of halogens is 2. The van der Waals surface area contributed by atoms with Gasteiger partial charge in [-0.25, -0.2) is 0 Å². The molecule has 10 aromatic rings. The van der Waals surface area contributed by atoms with Gasteiger partial charge in [0.15, 0.2) is 0 Å². The van der Waals surface area contributed by atoms with Crippen molar-refractivity contribution in [3.05, 3.63) is 258 Å². The van der Waals surface area contributed by atoms with Crippen LogP contribution in [0.1, 0.15) is 32.0 Å². The molecule has 66 heavy (non-hydrogen) atoms. The minimum absolute atomic E-state index is 0.0809. The first kappa shape index (κ1) is 44.6. The van der Waals surface area contributed by atoms with Crippen LogP contribution in [0.25, 0.3) is 21.8 Å². The minimum Gasteiger partial charge on any atom is -0.323 e. The second-order valence-corrected chi connectivity index (χ2v) is 20.8. The average Bonchev–Trinajstić information content (AvgIpc) is 3.99. The summed E-state index contributed by atoms with van der Waals surface area (Å²) in [7, 11) is 0. The van der Waals surface area contributed by atoms with E-state index in [1.807, 2.05) is 194 Å². The molecule has 10 heteroatoms. The summed E-state index contributed by atoms with van der Waals surface area (Å²) in [6, 6.07) is 67.9. The summed E-state index contributed by atoms with van der Waals surface area (Å²) in [4.78, 5) is 40.0. The van der Waals surface area contributed by atoms with E-state index in [0.29, 0.717) is 24.2 Å². The van der Waals surface area contributed by atoms with Crippen LogP contribution in [-0.2, 0) is 33.3 Å². The average molecular weight is 1030 g/mol. The van der Waals surface area contributed by atoms with Crippen molar-refractivity contribution >= 4 is 99.5 Å². The number of fused-ring (bicyclic) bond motifs is 2. The molecule has 0 saturated carbocycles. The summed E-state index contributed by atoms with van der Waals surface area (Å²) in [5.74, 6) is -0.162. The Morgan fingerprint density at radius 2 is 0.742 bits per heavy atom. The van der Waals surface area contributed by atoms with E-state index in [0.717, 1.165) is 61.4 Å². The summed E-state index contributed by atoms with van der Waals surface area (Å²) < 4.78 is 2.09. The summed E-state index contributed by atoms with van der Waals surface area (Å²) >= 11 is 10.5. The maximum Gasteiger partial charge on any atom is 0.239 e. The molecule has 324 valence electrons. The third-order valence-electron chi connectivity index (χ3n) is 11.7. The largest absolute Gasteiger partial charge is 0.323 e. The molecule has 4 heterocycles. The van der Waals surface area contributed by atoms with Gasteiger partial charge in [0.1, 0.15) is 10.8 Å². The molecule has 4 aromatic heterocycles. The van der Waals surface area contributed by atoms with Gasteiger partial charge < -0.3 is 10.6 Å². The standard InChI is InChI=1S/2C28H21BrN2OS/c2*29-25-17-16-23(33-25)19-28(21-11-3-1-4-12-21,22-13-5-2-6-14-22)27(32)31-24-15-7-9-20-10-8-18-30-26(20)24/h2*1-18H,19H2,(H,31,32). The first-order valence-corrected chi connectivity index (χ1v) is 24.6. The van der Waals surface area contributed by atoms with E-state index in [-0.39, 0.29) is 11.8 Å². The number of amides is 2. The molecule has 6 nitrogen and oxygen atoms in total. The first-order chi connectivity index (χ1) is 32.3. The molecule has 0 saturated heterocycles. The first-order valence-electron chi connectivity index (χ1n) is 21.3. The number of thiophene rings is 2. The number of pyridine rings is 2. The van der Waals surface area contributed by atoms with Gasteiger partial charge in [0, 0.05) is 45.8 Å². The molecule has 0 atom stereocenters. The molecule has 2 N–H and O–H groups in total. The molecule has 6 aromatic carbocycles. The zero-order chi connectivity index (χ0) is 45.4. The summed E-state index contributed by atoms with van der Waals surface area (Å²) in [6.45, 7) is 0. The molecule has 0 aliphatic carbocycles. The van der Waals surface area contributed by atoms with E-state index < -0.39 is 10.8 Å². The fraction of sp³-hybridized carbons (Fsp3) is 0.0714. The molecule has 0 spiro atoms. The van der Waals surface area contributed by atoms with Crippen LogP contribution in [0.5, 0.6) is 0 Å². The van der Waals surface area contributed by atoms with Crippen molar-refractivity contribution < 1.29 is 9.59 Å². The van der Waals surface area contributed by atoms with Gasteiger partial charge in [-0.1, -0.05) is 158 Å². The van der Waals surface area contributed by atoms with Crippen LogP contribution >= 0.6 is 54.5 Å². The third kappa shape index (κ3) is 9.41. The van der Waals surface area contributed by atoms with Gasteiger partial charge in [0.2, 0.25) is 11.8 Å².